The summed E-state index contributed by atoms with van der Waals surface area (Å²) in [5.74, 6) is 1.22. The monoisotopic (exact) mass is 370 g/mol. The number of hydrogen-bond donors (Lipinski definition) is 1. The van der Waals surface area contributed by atoms with Crippen LogP contribution in [0, 0.1) is 5.92 Å². The first-order chi connectivity index (χ1) is 13.1. The average Bonchev–Trinajstić information content (AvgIpc) is 3.39. The van der Waals surface area contributed by atoms with Gasteiger partial charge in [-0.05, 0) is 51.0 Å². The molecule has 1 aliphatic heterocycles. The number of rotatable bonds is 8. The van der Waals surface area contributed by atoms with Crippen LogP contribution in [0.4, 0.5) is 0 Å². The van der Waals surface area contributed by atoms with Gasteiger partial charge in [0.05, 0.1) is 6.04 Å². The van der Waals surface area contributed by atoms with Crippen molar-refractivity contribution in [1.29, 1.82) is 0 Å². The maximum Gasteiger partial charge on any atom is 0.260 e. The lowest BCUT2D eigenvalue weighted by atomic mass is 10.0. The lowest BCUT2D eigenvalue weighted by Gasteiger charge is -2.21. The van der Waals surface area contributed by atoms with Crippen LogP contribution in [-0.4, -0.2) is 36.4 Å². The molecule has 1 saturated carbocycles. The zero-order valence-corrected chi connectivity index (χ0v) is 16.4. The van der Waals surface area contributed by atoms with E-state index < -0.39 is 0 Å². The van der Waals surface area contributed by atoms with E-state index in [0.29, 0.717) is 11.7 Å². The highest BCUT2D eigenvalue weighted by molar-refractivity contribution is 5.88. The number of nitrogens with one attached hydrogen (secondary N) is 1. The molecule has 5 heteroatoms. The number of hydrogen-bond acceptors (Lipinski definition) is 3. The predicted octanol–water partition coefficient (Wildman–Crippen LogP) is 3.61. The van der Waals surface area contributed by atoms with Gasteiger partial charge in [-0.15, -0.1) is 0 Å². The van der Waals surface area contributed by atoms with Crippen molar-refractivity contribution in [3.05, 3.63) is 41.5 Å². The normalized spacial score (nSPS) is 18.3. The van der Waals surface area contributed by atoms with Gasteiger partial charge in [0, 0.05) is 24.7 Å². The molecule has 1 aromatic carbocycles. The molecule has 1 aromatic rings. The molecule has 1 unspecified atom stereocenters. The van der Waals surface area contributed by atoms with E-state index in [0.717, 1.165) is 43.5 Å². The molecule has 1 N–H and O–H groups in total. The van der Waals surface area contributed by atoms with Gasteiger partial charge in [0.15, 0.2) is 6.61 Å². The minimum Gasteiger partial charge on any atom is -0.483 e. The third-order valence-corrected chi connectivity index (χ3v) is 5.41. The van der Waals surface area contributed by atoms with Crippen molar-refractivity contribution in [2.24, 2.45) is 5.92 Å². The zero-order valence-electron chi connectivity index (χ0n) is 16.4. The van der Waals surface area contributed by atoms with Crippen LogP contribution in [0.3, 0.4) is 0 Å². The zero-order chi connectivity index (χ0) is 19.2. The van der Waals surface area contributed by atoms with E-state index in [-0.39, 0.29) is 24.5 Å². The summed E-state index contributed by atoms with van der Waals surface area (Å²) in [6, 6.07) is 7.52. The van der Waals surface area contributed by atoms with Crippen LogP contribution in [0.2, 0.25) is 0 Å². The van der Waals surface area contributed by atoms with Crippen molar-refractivity contribution in [3.8, 4) is 5.75 Å². The summed E-state index contributed by atoms with van der Waals surface area (Å²) in [6.07, 6.45) is 6.99. The largest absolute Gasteiger partial charge is 0.483 e. The van der Waals surface area contributed by atoms with Crippen LogP contribution >= 0.6 is 0 Å². The van der Waals surface area contributed by atoms with Crippen molar-refractivity contribution < 1.29 is 14.3 Å². The van der Waals surface area contributed by atoms with Crippen LogP contribution in [0.1, 0.15) is 57.6 Å². The Morgan fingerprint density at radius 3 is 2.63 bits per heavy atom. The van der Waals surface area contributed by atoms with E-state index in [4.69, 9.17) is 4.74 Å². The average molecular weight is 370 g/mol. The van der Waals surface area contributed by atoms with Gasteiger partial charge in [-0.1, -0.05) is 30.7 Å². The van der Waals surface area contributed by atoms with Gasteiger partial charge in [-0.2, -0.15) is 0 Å². The quantitative estimate of drug-likeness (QED) is 0.711. The summed E-state index contributed by atoms with van der Waals surface area (Å²) in [7, 11) is 0. The van der Waals surface area contributed by atoms with Crippen LogP contribution in [0.5, 0.6) is 5.75 Å². The number of carbonyl (C=O) groups is 2. The molecule has 0 aromatic heterocycles. The molecule has 1 aliphatic carbocycles. The molecule has 0 radical (unpaired) electrons. The molecule has 2 fully saturated rings. The molecule has 0 spiro atoms. The van der Waals surface area contributed by atoms with E-state index in [1.165, 1.54) is 12.8 Å². The summed E-state index contributed by atoms with van der Waals surface area (Å²) < 4.78 is 5.85. The van der Waals surface area contributed by atoms with Crippen molar-refractivity contribution in [2.75, 3.05) is 19.7 Å². The van der Waals surface area contributed by atoms with E-state index in [2.05, 4.69) is 5.32 Å². The summed E-state index contributed by atoms with van der Waals surface area (Å²) in [6.45, 7) is 5.75. The van der Waals surface area contributed by atoms with Crippen molar-refractivity contribution in [2.45, 2.75) is 52.0 Å². The molecule has 3 rings (SSSR count). The molecular formula is C22H30N2O3. The molecule has 5 nitrogen and oxygen atoms in total. The molecule has 1 saturated heterocycles. The summed E-state index contributed by atoms with van der Waals surface area (Å²) >= 11 is 0. The molecular weight excluding hydrogens is 340 g/mol. The van der Waals surface area contributed by atoms with Crippen molar-refractivity contribution in [1.82, 2.24) is 10.2 Å². The van der Waals surface area contributed by atoms with E-state index in [1.54, 1.807) is 6.08 Å². The first kappa shape index (κ1) is 19.5. The third-order valence-electron chi connectivity index (χ3n) is 5.41. The van der Waals surface area contributed by atoms with E-state index in [9.17, 15) is 9.59 Å². The Labute approximate surface area is 161 Å². The Hall–Kier alpha value is -2.30. The van der Waals surface area contributed by atoms with Crippen LogP contribution in [-0.2, 0) is 9.59 Å². The molecule has 1 heterocycles. The fourth-order valence-electron chi connectivity index (χ4n) is 3.57. The summed E-state index contributed by atoms with van der Waals surface area (Å²) in [5.41, 5.74) is 2.07. The van der Waals surface area contributed by atoms with Gasteiger partial charge in [0.2, 0.25) is 5.91 Å². The van der Waals surface area contributed by atoms with Crippen LogP contribution in [0.15, 0.2) is 35.9 Å². The smallest absolute Gasteiger partial charge is 0.260 e. The number of likely N-dealkylation sites (tertiary alicyclic amines) is 1. The maximum absolute atomic E-state index is 12.4. The highest BCUT2D eigenvalue weighted by atomic mass is 16.5. The SMILES string of the molecule is CCC(NC(=O)/C=C(/C)C1CC1)c1ccccc1OCC(=O)N1CCCC1. The first-order valence-electron chi connectivity index (χ1n) is 10.1. The van der Waals surface area contributed by atoms with Crippen LogP contribution in [0.25, 0.3) is 0 Å². The maximum atomic E-state index is 12.4. The number of ether oxygens (including phenoxy) is 1. The molecule has 2 amide bonds. The predicted molar refractivity (Wildman–Crippen MR) is 105 cm³/mol. The van der Waals surface area contributed by atoms with Crippen LogP contribution < -0.4 is 10.1 Å². The third kappa shape index (κ3) is 5.34. The number of nitrogens with zero attached hydrogens (tertiary/aromatic N) is 1. The standard InChI is InChI=1S/C22H30N2O3/c1-3-19(23-21(25)14-16(2)17-10-11-17)18-8-4-5-9-20(18)27-15-22(26)24-12-6-7-13-24/h4-5,8-9,14,17,19H,3,6-7,10-13,15H2,1-2H3,(H,23,25)/b16-14-. The first-order valence-corrected chi connectivity index (χ1v) is 10.1. The minimum atomic E-state index is -0.140. The number of para-hydroxylation sites is 1. The number of carbonyl (C=O) groups excluding carboxylic acids is 2. The molecule has 0 bridgehead atoms. The van der Waals surface area contributed by atoms with E-state index >= 15 is 0 Å². The Morgan fingerprint density at radius 1 is 1.26 bits per heavy atom. The highest BCUT2D eigenvalue weighted by Gasteiger charge is 2.24. The number of amides is 2. The lowest BCUT2D eigenvalue weighted by Crippen LogP contribution is -2.32. The van der Waals surface area contributed by atoms with Gasteiger partial charge in [0.25, 0.3) is 5.91 Å². The molecule has 146 valence electrons. The topological polar surface area (TPSA) is 58.6 Å². The van der Waals surface area contributed by atoms with Crippen molar-refractivity contribution >= 4 is 11.8 Å². The van der Waals surface area contributed by atoms with Gasteiger partial charge in [-0.25, -0.2) is 0 Å². The summed E-state index contributed by atoms with van der Waals surface area (Å²) in [4.78, 5) is 26.5. The minimum absolute atomic E-state index is 0.0300. The Morgan fingerprint density at radius 2 is 1.96 bits per heavy atom. The number of allylic oxidation sites excluding steroid dienone is 1. The fourth-order valence-corrected chi connectivity index (χ4v) is 3.57. The van der Waals surface area contributed by atoms with Gasteiger partial charge in [0.1, 0.15) is 5.75 Å². The Balaban J connectivity index is 1.64. The van der Waals surface area contributed by atoms with Crippen molar-refractivity contribution in [3.63, 3.8) is 0 Å². The van der Waals surface area contributed by atoms with Gasteiger partial charge >= 0.3 is 0 Å². The second kappa shape index (κ2) is 9.07. The molecule has 1 atom stereocenters. The second-order valence-corrected chi connectivity index (χ2v) is 7.55. The Kier molecular flexibility index (Phi) is 6.54. The highest BCUT2D eigenvalue weighted by Crippen LogP contribution is 2.36. The van der Waals surface area contributed by atoms with Gasteiger partial charge < -0.3 is 15.0 Å². The number of benzene rings is 1. The lowest BCUT2D eigenvalue weighted by molar-refractivity contribution is -0.132. The van der Waals surface area contributed by atoms with E-state index in [1.807, 2.05) is 43.0 Å². The molecule has 2 aliphatic rings. The molecule has 27 heavy (non-hydrogen) atoms. The Bertz CT molecular complexity index is 703. The second-order valence-electron chi connectivity index (χ2n) is 7.55. The summed E-state index contributed by atoms with van der Waals surface area (Å²) in [5, 5.41) is 3.09. The van der Waals surface area contributed by atoms with Gasteiger partial charge in [-0.3, -0.25) is 9.59 Å². The fraction of sp³-hybridized carbons (Fsp3) is 0.545.